The van der Waals surface area contributed by atoms with E-state index in [0.29, 0.717) is 32.5 Å². The van der Waals surface area contributed by atoms with Crippen molar-refractivity contribution >= 4 is 51.7 Å². The molecule has 0 aliphatic rings. The van der Waals surface area contributed by atoms with Gasteiger partial charge in [0.15, 0.2) is 22.6 Å². The molecule has 0 fully saturated rings. The van der Waals surface area contributed by atoms with Crippen LogP contribution in [0.2, 0.25) is 15.2 Å². The Morgan fingerprint density at radius 3 is 2.17 bits per heavy atom. The molecule has 0 aliphatic carbocycles. The van der Waals surface area contributed by atoms with Crippen LogP contribution in [0.25, 0.3) is 11.0 Å². The van der Waals surface area contributed by atoms with Crippen LogP contribution in [0.4, 0.5) is 14.6 Å². The van der Waals surface area contributed by atoms with Crippen LogP contribution in [0.1, 0.15) is 5.56 Å². The highest BCUT2D eigenvalue weighted by Crippen LogP contribution is 2.29. The average Bonchev–Trinajstić information content (AvgIpc) is 2.50. The first-order valence-corrected chi connectivity index (χ1v) is 7.57. The smallest absolute Gasteiger partial charge is 0.172 e. The van der Waals surface area contributed by atoms with Crippen LogP contribution in [0.5, 0.6) is 0 Å². The van der Waals surface area contributed by atoms with Gasteiger partial charge in [-0.05, 0) is 29.8 Å². The van der Waals surface area contributed by atoms with Gasteiger partial charge in [0.1, 0.15) is 0 Å². The Morgan fingerprint density at radius 2 is 1.52 bits per heavy atom. The van der Waals surface area contributed by atoms with Crippen LogP contribution in [-0.4, -0.2) is 9.97 Å². The number of hydrogen-bond donors (Lipinski definition) is 1. The second kappa shape index (κ2) is 6.43. The van der Waals surface area contributed by atoms with Crippen molar-refractivity contribution in [3.63, 3.8) is 0 Å². The van der Waals surface area contributed by atoms with Gasteiger partial charge in [-0.1, -0.05) is 40.9 Å². The van der Waals surface area contributed by atoms with E-state index in [2.05, 4.69) is 15.3 Å². The van der Waals surface area contributed by atoms with E-state index in [4.69, 9.17) is 34.8 Å². The minimum Gasteiger partial charge on any atom is -0.363 e. The van der Waals surface area contributed by atoms with Crippen molar-refractivity contribution in [1.29, 1.82) is 0 Å². The summed E-state index contributed by atoms with van der Waals surface area (Å²) in [4.78, 5) is 8.50. The van der Waals surface area contributed by atoms with Crippen LogP contribution in [0.15, 0.2) is 30.3 Å². The standard InChI is InChI=1S/C15H8Cl3F2N3/c16-8-4-12-13(5-9(8)17)23-15(14(18)22-12)21-6-7-1-2-10(19)11(20)3-7/h1-5H,6H2,(H,21,23). The maximum atomic E-state index is 13.2. The SMILES string of the molecule is Fc1ccc(CNc2nc3cc(Cl)c(Cl)cc3nc2Cl)cc1F. The summed E-state index contributed by atoms with van der Waals surface area (Å²) in [6, 6.07) is 6.76. The minimum absolute atomic E-state index is 0.137. The molecule has 1 N–H and O–H groups in total. The number of nitrogens with one attached hydrogen (secondary N) is 1. The second-order valence-electron chi connectivity index (χ2n) is 4.72. The van der Waals surface area contributed by atoms with Crippen LogP contribution < -0.4 is 5.32 Å². The molecule has 8 heteroatoms. The molecule has 3 rings (SSSR count). The lowest BCUT2D eigenvalue weighted by molar-refractivity contribution is 0.507. The number of hydrogen-bond acceptors (Lipinski definition) is 3. The molecular weight excluding hydrogens is 367 g/mol. The number of nitrogens with zero attached hydrogens (tertiary/aromatic N) is 2. The first-order chi connectivity index (χ1) is 10.9. The largest absolute Gasteiger partial charge is 0.363 e. The van der Waals surface area contributed by atoms with Gasteiger partial charge in [0.25, 0.3) is 0 Å². The molecule has 0 saturated heterocycles. The number of halogens is 5. The molecule has 1 heterocycles. The molecule has 0 amide bonds. The van der Waals surface area contributed by atoms with Gasteiger partial charge in [0, 0.05) is 6.54 Å². The Kier molecular flexibility index (Phi) is 4.53. The van der Waals surface area contributed by atoms with E-state index in [1.165, 1.54) is 6.07 Å². The van der Waals surface area contributed by atoms with Gasteiger partial charge < -0.3 is 5.32 Å². The Morgan fingerprint density at radius 1 is 0.870 bits per heavy atom. The van der Waals surface area contributed by atoms with Crippen LogP contribution in [-0.2, 0) is 6.54 Å². The normalized spacial score (nSPS) is 11.0. The molecule has 118 valence electrons. The Bertz CT molecular complexity index is 903. The summed E-state index contributed by atoms with van der Waals surface area (Å²) in [5.74, 6) is -1.51. The van der Waals surface area contributed by atoms with Gasteiger partial charge in [0.05, 0.1) is 21.1 Å². The van der Waals surface area contributed by atoms with Gasteiger partial charge in [-0.3, -0.25) is 0 Å². The number of aromatic nitrogens is 2. The third kappa shape index (κ3) is 3.47. The first kappa shape index (κ1) is 16.2. The second-order valence-corrected chi connectivity index (χ2v) is 5.89. The zero-order valence-corrected chi connectivity index (χ0v) is 13.6. The maximum absolute atomic E-state index is 13.2. The maximum Gasteiger partial charge on any atom is 0.172 e. The summed E-state index contributed by atoms with van der Waals surface area (Å²) in [5.41, 5.74) is 1.55. The highest BCUT2D eigenvalue weighted by molar-refractivity contribution is 6.42. The predicted octanol–water partition coefficient (Wildman–Crippen LogP) is 5.48. The zero-order valence-electron chi connectivity index (χ0n) is 11.4. The van der Waals surface area contributed by atoms with E-state index in [-0.39, 0.29) is 11.7 Å². The van der Waals surface area contributed by atoms with Crippen LogP contribution in [0.3, 0.4) is 0 Å². The summed E-state index contributed by atoms with van der Waals surface area (Å²) in [6.45, 7) is 0.207. The molecule has 2 aromatic carbocycles. The molecule has 0 bridgehead atoms. The minimum atomic E-state index is -0.915. The summed E-state index contributed by atoms with van der Waals surface area (Å²) < 4.78 is 26.1. The summed E-state index contributed by atoms with van der Waals surface area (Å²) >= 11 is 18.0. The molecule has 0 saturated carbocycles. The van der Waals surface area contributed by atoms with Crippen molar-refractivity contribution in [3.05, 3.63) is 62.7 Å². The lowest BCUT2D eigenvalue weighted by Crippen LogP contribution is -2.04. The third-order valence-corrected chi connectivity index (χ3v) is 4.09. The van der Waals surface area contributed by atoms with Crippen LogP contribution in [0, 0.1) is 11.6 Å². The van der Waals surface area contributed by atoms with Crippen LogP contribution >= 0.6 is 34.8 Å². The molecule has 0 atom stereocenters. The number of anilines is 1. The summed E-state index contributed by atoms with van der Waals surface area (Å²) in [7, 11) is 0. The van der Waals surface area contributed by atoms with E-state index in [0.717, 1.165) is 12.1 Å². The predicted molar refractivity (Wildman–Crippen MR) is 88.3 cm³/mol. The lowest BCUT2D eigenvalue weighted by atomic mass is 10.2. The molecule has 3 aromatic rings. The highest BCUT2D eigenvalue weighted by atomic mass is 35.5. The van der Waals surface area contributed by atoms with Gasteiger partial charge in [-0.2, -0.15) is 0 Å². The number of fused-ring (bicyclic) bond motifs is 1. The van der Waals surface area contributed by atoms with Gasteiger partial charge in [-0.15, -0.1) is 0 Å². The van der Waals surface area contributed by atoms with Gasteiger partial charge >= 0.3 is 0 Å². The first-order valence-electron chi connectivity index (χ1n) is 6.44. The molecule has 0 aliphatic heterocycles. The monoisotopic (exact) mass is 373 g/mol. The Balaban J connectivity index is 1.88. The molecule has 0 radical (unpaired) electrons. The Labute approximate surface area is 145 Å². The van der Waals surface area contributed by atoms with E-state index in [9.17, 15) is 8.78 Å². The fourth-order valence-electron chi connectivity index (χ4n) is 1.98. The number of rotatable bonds is 3. The highest BCUT2D eigenvalue weighted by Gasteiger charge is 2.10. The van der Waals surface area contributed by atoms with Crippen molar-refractivity contribution in [2.24, 2.45) is 0 Å². The van der Waals surface area contributed by atoms with E-state index >= 15 is 0 Å². The molecule has 0 unspecified atom stereocenters. The fourth-order valence-corrected chi connectivity index (χ4v) is 2.49. The molecule has 23 heavy (non-hydrogen) atoms. The average molecular weight is 375 g/mol. The molecule has 1 aromatic heterocycles. The van der Waals surface area contributed by atoms with Crippen molar-refractivity contribution < 1.29 is 8.78 Å². The van der Waals surface area contributed by atoms with E-state index < -0.39 is 11.6 Å². The quantitative estimate of drug-likeness (QED) is 0.659. The summed E-state index contributed by atoms with van der Waals surface area (Å²) in [5, 5.41) is 3.77. The molecular formula is C15H8Cl3F2N3. The van der Waals surface area contributed by atoms with Gasteiger partial charge in [-0.25, -0.2) is 18.7 Å². The molecule has 0 spiro atoms. The van der Waals surface area contributed by atoms with Crippen molar-refractivity contribution in [2.45, 2.75) is 6.54 Å². The topological polar surface area (TPSA) is 37.8 Å². The third-order valence-electron chi connectivity index (χ3n) is 3.11. The fraction of sp³-hybridized carbons (Fsp3) is 0.0667. The zero-order chi connectivity index (χ0) is 16.6. The summed E-state index contributed by atoms with van der Waals surface area (Å²) in [6.07, 6.45) is 0. The molecule has 3 nitrogen and oxygen atoms in total. The van der Waals surface area contributed by atoms with E-state index in [1.807, 2.05) is 0 Å². The van der Waals surface area contributed by atoms with Crippen molar-refractivity contribution in [1.82, 2.24) is 9.97 Å². The number of benzene rings is 2. The van der Waals surface area contributed by atoms with Crippen molar-refractivity contribution in [3.8, 4) is 0 Å². The van der Waals surface area contributed by atoms with Crippen molar-refractivity contribution in [2.75, 3.05) is 5.32 Å². The van der Waals surface area contributed by atoms with E-state index in [1.54, 1.807) is 12.1 Å². The lowest BCUT2D eigenvalue weighted by Gasteiger charge is -2.09. The van der Waals surface area contributed by atoms with Gasteiger partial charge in [0.2, 0.25) is 0 Å². The Hall–Kier alpha value is -1.69.